The summed E-state index contributed by atoms with van der Waals surface area (Å²) >= 11 is 0. The minimum absolute atomic E-state index is 0.615. The zero-order valence-corrected chi connectivity index (χ0v) is 12.8. The topological polar surface area (TPSA) is 38.7 Å². The van der Waals surface area contributed by atoms with Crippen LogP contribution in [0, 0.1) is 6.92 Å². The number of ether oxygens (including phenoxy) is 2. The molecule has 0 spiro atoms. The second-order valence-electron chi connectivity index (χ2n) is 5.06. The van der Waals surface area contributed by atoms with Gasteiger partial charge in [0.05, 0.1) is 25.9 Å². The Morgan fingerprint density at radius 3 is 2.14 bits per heavy atom. The molecule has 2 aromatic rings. The maximum absolute atomic E-state index is 10.5. The van der Waals surface area contributed by atoms with Gasteiger partial charge in [0, 0.05) is 0 Å². The van der Waals surface area contributed by atoms with Crippen molar-refractivity contribution in [2.75, 3.05) is 14.2 Å². The number of aryl methyl sites for hydroxylation is 2. The summed E-state index contributed by atoms with van der Waals surface area (Å²) in [4.78, 5) is 0. The maximum atomic E-state index is 10.5. The molecule has 0 radical (unpaired) electrons. The molecule has 21 heavy (non-hydrogen) atoms. The Balaban J connectivity index is 2.17. The fraction of sp³-hybridized carbons (Fsp3) is 0.333. The van der Waals surface area contributed by atoms with Gasteiger partial charge in [0.25, 0.3) is 0 Å². The molecule has 3 nitrogen and oxygen atoms in total. The Hall–Kier alpha value is -2.00. The molecule has 0 aliphatic carbocycles. The second-order valence-corrected chi connectivity index (χ2v) is 5.06. The van der Waals surface area contributed by atoms with Crippen molar-refractivity contribution in [2.45, 2.75) is 25.9 Å². The van der Waals surface area contributed by atoms with Gasteiger partial charge in [0.1, 0.15) is 11.5 Å². The molecule has 0 heterocycles. The van der Waals surface area contributed by atoms with E-state index in [0.717, 1.165) is 12.0 Å². The zero-order valence-electron chi connectivity index (χ0n) is 12.8. The monoisotopic (exact) mass is 286 g/mol. The van der Waals surface area contributed by atoms with Crippen LogP contribution in [-0.4, -0.2) is 19.3 Å². The summed E-state index contributed by atoms with van der Waals surface area (Å²) in [6, 6.07) is 13.8. The van der Waals surface area contributed by atoms with E-state index in [4.69, 9.17) is 9.47 Å². The van der Waals surface area contributed by atoms with Crippen molar-refractivity contribution in [1.29, 1.82) is 0 Å². The highest BCUT2D eigenvalue weighted by molar-refractivity contribution is 5.46. The Kier molecular flexibility index (Phi) is 5.23. The standard InChI is InChI=1S/C18H22O3/c1-13-7-4-5-8-14(13)11-12-15(19)18-16(20-2)9-6-10-17(18)21-3/h4-10,15,19H,11-12H2,1-3H3. The molecule has 0 saturated carbocycles. The lowest BCUT2D eigenvalue weighted by molar-refractivity contribution is 0.159. The van der Waals surface area contributed by atoms with Gasteiger partial charge in [-0.15, -0.1) is 0 Å². The van der Waals surface area contributed by atoms with Crippen LogP contribution in [0.3, 0.4) is 0 Å². The molecule has 1 unspecified atom stereocenters. The molecular formula is C18H22O3. The van der Waals surface area contributed by atoms with E-state index in [9.17, 15) is 5.11 Å². The molecule has 0 fully saturated rings. The van der Waals surface area contributed by atoms with Crippen molar-refractivity contribution in [3.63, 3.8) is 0 Å². The number of aliphatic hydroxyl groups excluding tert-OH is 1. The summed E-state index contributed by atoms with van der Waals surface area (Å²) in [6.07, 6.45) is 0.826. The highest BCUT2D eigenvalue weighted by Crippen LogP contribution is 2.36. The molecule has 0 aliphatic rings. The highest BCUT2D eigenvalue weighted by atomic mass is 16.5. The molecule has 1 atom stereocenters. The summed E-state index contributed by atoms with van der Waals surface area (Å²) in [7, 11) is 3.21. The first-order valence-electron chi connectivity index (χ1n) is 7.10. The predicted octanol–water partition coefficient (Wildman–Crippen LogP) is 3.68. The van der Waals surface area contributed by atoms with Gasteiger partial charge in [0.2, 0.25) is 0 Å². The Labute approximate surface area is 126 Å². The average molecular weight is 286 g/mol. The van der Waals surface area contributed by atoms with Gasteiger partial charge >= 0.3 is 0 Å². The number of rotatable bonds is 6. The van der Waals surface area contributed by atoms with Crippen LogP contribution >= 0.6 is 0 Å². The van der Waals surface area contributed by atoms with E-state index in [1.165, 1.54) is 11.1 Å². The smallest absolute Gasteiger partial charge is 0.128 e. The van der Waals surface area contributed by atoms with E-state index in [1.54, 1.807) is 14.2 Å². The molecule has 0 saturated heterocycles. The molecule has 0 aromatic heterocycles. The van der Waals surface area contributed by atoms with Crippen molar-refractivity contribution in [3.8, 4) is 11.5 Å². The number of hydrogen-bond acceptors (Lipinski definition) is 3. The Bertz CT molecular complexity index is 571. The fourth-order valence-corrected chi connectivity index (χ4v) is 2.54. The van der Waals surface area contributed by atoms with E-state index in [-0.39, 0.29) is 0 Å². The van der Waals surface area contributed by atoms with Gasteiger partial charge in [-0.1, -0.05) is 30.3 Å². The summed E-state index contributed by atoms with van der Waals surface area (Å²) < 4.78 is 10.7. The SMILES string of the molecule is COc1cccc(OC)c1C(O)CCc1ccccc1C. The third-order valence-corrected chi connectivity index (χ3v) is 3.75. The number of methoxy groups -OCH3 is 2. The van der Waals surface area contributed by atoms with E-state index < -0.39 is 6.10 Å². The summed E-state index contributed by atoms with van der Waals surface area (Å²) in [5, 5.41) is 10.5. The Morgan fingerprint density at radius 1 is 0.952 bits per heavy atom. The first-order valence-corrected chi connectivity index (χ1v) is 7.10. The van der Waals surface area contributed by atoms with E-state index in [1.807, 2.05) is 30.3 Å². The van der Waals surface area contributed by atoms with E-state index in [2.05, 4.69) is 19.1 Å². The van der Waals surface area contributed by atoms with Gasteiger partial charge in [-0.25, -0.2) is 0 Å². The summed E-state index contributed by atoms with van der Waals surface area (Å²) in [5.41, 5.74) is 3.22. The molecule has 0 aliphatic heterocycles. The maximum Gasteiger partial charge on any atom is 0.128 e. The van der Waals surface area contributed by atoms with Crippen molar-refractivity contribution in [3.05, 3.63) is 59.2 Å². The van der Waals surface area contributed by atoms with Crippen LogP contribution in [0.4, 0.5) is 0 Å². The quantitative estimate of drug-likeness (QED) is 0.880. The summed E-state index contributed by atoms with van der Waals surface area (Å²) in [6.45, 7) is 2.09. The van der Waals surface area contributed by atoms with Crippen LogP contribution in [0.15, 0.2) is 42.5 Å². The zero-order chi connectivity index (χ0) is 15.2. The largest absolute Gasteiger partial charge is 0.496 e. The van der Waals surface area contributed by atoms with Crippen LogP contribution in [-0.2, 0) is 6.42 Å². The third-order valence-electron chi connectivity index (χ3n) is 3.75. The van der Waals surface area contributed by atoms with Gasteiger partial charge in [-0.2, -0.15) is 0 Å². The molecule has 2 aromatic carbocycles. The average Bonchev–Trinajstić information content (AvgIpc) is 2.52. The molecule has 0 bridgehead atoms. The lowest BCUT2D eigenvalue weighted by atomic mass is 9.97. The van der Waals surface area contributed by atoms with Gasteiger partial charge in [-0.3, -0.25) is 0 Å². The molecule has 112 valence electrons. The van der Waals surface area contributed by atoms with Crippen LogP contribution in [0.5, 0.6) is 11.5 Å². The van der Waals surface area contributed by atoms with Gasteiger partial charge in [0.15, 0.2) is 0 Å². The molecule has 0 amide bonds. The number of aliphatic hydroxyl groups is 1. The lowest BCUT2D eigenvalue weighted by Gasteiger charge is -2.18. The van der Waals surface area contributed by atoms with E-state index in [0.29, 0.717) is 17.9 Å². The Morgan fingerprint density at radius 2 is 1.57 bits per heavy atom. The minimum Gasteiger partial charge on any atom is -0.496 e. The van der Waals surface area contributed by atoms with Crippen LogP contribution in [0.1, 0.15) is 29.2 Å². The first kappa shape index (κ1) is 15.4. The summed E-state index contributed by atoms with van der Waals surface area (Å²) in [5.74, 6) is 1.32. The normalized spacial score (nSPS) is 12.0. The van der Waals surface area contributed by atoms with Crippen molar-refractivity contribution in [1.82, 2.24) is 0 Å². The molecule has 2 rings (SSSR count). The fourth-order valence-electron chi connectivity index (χ4n) is 2.54. The first-order chi connectivity index (χ1) is 10.2. The van der Waals surface area contributed by atoms with Crippen molar-refractivity contribution in [2.24, 2.45) is 0 Å². The second kappa shape index (κ2) is 7.14. The minimum atomic E-state index is -0.615. The molecule has 1 N–H and O–H groups in total. The highest BCUT2D eigenvalue weighted by Gasteiger charge is 2.18. The van der Waals surface area contributed by atoms with Gasteiger partial charge < -0.3 is 14.6 Å². The van der Waals surface area contributed by atoms with Crippen molar-refractivity contribution < 1.29 is 14.6 Å². The van der Waals surface area contributed by atoms with E-state index >= 15 is 0 Å². The molecule has 3 heteroatoms. The van der Waals surface area contributed by atoms with Crippen molar-refractivity contribution >= 4 is 0 Å². The lowest BCUT2D eigenvalue weighted by Crippen LogP contribution is -2.05. The predicted molar refractivity (Wildman–Crippen MR) is 84.0 cm³/mol. The molecular weight excluding hydrogens is 264 g/mol. The number of benzene rings is 2. The van der Waals surface area contributed by atoms with Crippen LogP contribution < -0.4 is 9.47 Å². The number of hydrogen-bond donors (Lipinski definition) is 1. The van der Waals surface area contributed by atoms with Crippen LogP contribution in [0.25, 0.3) is 0 Å². The third kappa shape index (κ3) is 3.56. The van der Waals surface area contributed by atoms with Crippen LogP contribution in [0.2, 0.25) is 0 Å². The van der Waals surface area contributed by atoms with Gasteiger partial charge in [-0.05, 0) is 43.0 Å².